The van der Waals surface area contributed by atoms with E-state index in [0.717, 1.165) is 24.9 Å². The van der Waals surface area contributed by atoms with Gasteiger partial charge in [-0.15, -0.1) is 0 Å². The smallest absolute Gasteiger partial charge is 0.255 e. The molecule has 4 nitrogen and oxygen atoms in total. The number of nitrogens with one attached hydrogen (secondary N) is 1. The number of carbonyl (C=O) groups is 1. The van der Waals surface area contributed by atoms with Crippen LogP contribution < -0.4 is 5.32 Å². The number of aromatic hydroxyl groups is 1. The summed E-state index contributed by atoms with van der Waals surface area (Å²) >= 11 is 0. The van der Waals surface area contributed by atoms with Crippen molar-refractivity contribution in [1.29, 1.82) is 0 Å². The van der Waals surface area contributed by atoms with E-state index in [2.05, 4.69) is 10.2 Å². The van der Waals surface area contributed by atoms with Crippen molar-refractivity contribution in [3.8, 4) is 5.75 Å². The van der Waals surface area contributed by atoms with Gasteiger partial charge in [0.2, 0.25) is 0 Å². The van der Waals surface area contributed by atoms with Crippen LogP contribution >= 0.6 is 0 Å². The molecule has 2 N–H and O–H groups in total. The lowest BCUT2D eigenvalue weighted by Gasteiger charge is -2.10. The molecule has 0 spiro atoms. The monoisotopic (exact) mass is 250 g/mol. The second kappa shape index (κ2) is 7.01. The van der Waals surface area contributed by atoms with Crippen LogP contribution in [0.4, 0.5) is 0 Å². The molecular weight excluding hydrogens is 228 g/mol. The van der Waals surface area contributed by atoms with Crippen molar-refractivity contribution < 1.29 is 9.90 Å². The first-order chi connectivity index (χ1) is 8.52. The van der Waals surface area contributed by atoms with Gasteiger partial charge in [0, 0.05) is 6.54 Å². The highest BCUT2D eigenvalue weighted by Crippen LogP contribution is 2.20. The van der Waals surface area contributed by atoms with Gasteiger partial charge < -0.3 is 15.3 Å². The molecule has 0 atom stereocenters. The van der Waals surface area contributed by atoms with E-state index in [1.807, 2.05) is 14.1 Å². The van der Waals surface area contributed by atoms with Crippen LogP contribution in [0, 0.1) is 6.92 Å². The maximum atomic E-state index is 11.8. The van der Waals surface area contributed by atoms with Gasteiger partial charge in [0.1, 0.15) is 5.75 Å². The first-order valence-corrected chi connectivity index (χ1v) is 6.24. The van der Waals surface area contributed by atoms with Gasteiger partial charge in [0.25, 0.3) is 5.91 Å². The summed E-state index contributed by atoms with van der Waals surface area (Å²) in [6.07, 6.45) is 1.99. The van der Waals surface area contributed by atoms with Crippen molar-refractivity contribution >= 4 is 5.91 Å². The highest BCUT2D eigenvalue weighted by molar-refractivity contribution is 5.97. The van der Waals surface area contributed by atoms with E-state index in [-0.39, 0.29) is 11.7 Å². The lowest BCUT2D eigenvalue weighted by Crippen LogP contribution is -2.25. The molecule has 0 fully saturated rings. The molecule has 0 aliphatic carbocycles. The number of aryl methyl sites for hydroxylation is 1. The molecule has 0 bridgehead atoms. The van der Waals surface area contributed by atoms with Gasteiger partial charge in [-0.1, -0.05) is 12.1 Å². The SMILES string of the molecule is Cc1cccc(C(=O)NCCCCN(C)C)c1O. The highest BCUT2D eigenvalue weighted by atomic mass is 16.3. The third-order valence-corrected chi connectivity index (χ3v) is 2.80. The summed E-state index contributed by atoms with van der Waals surface area (Å²) in [5.41, 5.74) is 1.07. The summed E-state index contributed by atoms with van der Waals surface area (Å²) < 4.78 is 0. The Kier molecular flexibility index (Phi) is 5.65. The van der Waals surface area contributed by atoms with Gasteiger partial charge in [-0.2, -0.15) is 0 Å². The number of hydrogen-bond donors (Lipinski definition) is 2. The molecule has 1 aromatic rings. The molecule has 0 aliphatic heterocycles. The lowest BCUT2D eigenvalue weighted by atomic mass is 10.1. The van der Waals surface area contributed by atoms with Crippen molar-refractivity contribution in [2.45, 2.75) is 19.8 Å². The summed E-state index contributed by atoms with van der Waals surface area (Å²) in [6, 6.07) is 5.19. The zero-order valence-electron chi connectivity index (χ0n) is 11.4. The Labute approximate surface area is 109 Å². The van der Waals surface area contributed by atoms with E-state index in [1.54, 1.807) is 25.1 Å². The third kappa shape index (κ3) is 4.37. The molecule has 1 rings (SSSR count). The van der Waals surface area contributed by atoms with E-state index >= 15 is 0 Å². The Hall–Kier alpha value is -1.55. The van der Waals surface area contributed by atoms with E-state index in [4.69, 9.17) is 0 Å². The number of phenolic OH excluding ortho intramolecular Hbond substituents is 1. The summed E-state index contributed by atoms with van der Waals surface area (Å²) in [5, 5.41) is 12.6. The Balaban J connectivity index is 2.39. The molecule has 0 unspecified atom stereocenters. The number of amides is 1. The number of nitrogens with zero attached hydrogens (tertiary/aromatic N) is 1. The van der Waals surface area contributed by atoms with Crippen molar-refractivity contribution in [2.75, 3.05) is 27.2 Å². The highest BCUT2D eigenvalue weighted by Gasteiger charge is 2.11. The standard InChI is InChI=1S/C14H22N2O2/c1-11-7-6-8-12(13(11)17)14(18)15-9-4-5-10-16(2)3/h6-8,17H,4-5,9-10H2,1-3H3,(H,15,18). The predicted octanol–water partition coefficient (Wildman–Crippen LogP) is 1.77. The molecule has 0 heterocycles. The van der Waals surface area contributed by atoms with Crippen LogP contribution in [-0.4, -0.2) is 43.1 Å². The number of unbranched alkanes of at least 4 members (excludes halogenated alkanes) is 1. The molecule has 0 saturated carbocycles. The van der Waals surface area contributed by atoms with Crippen LogP contribution in [0.2, 0.25) is 0 Å². The molecule has 0 aliphatic rings. The van der Waals surface area contributed by atoms with Crippen LogP contribution in [0.5, 0.6) is 5.75 Å². The van der Waals surface area contributed by atoms with E-state index in [1.165, 1.54) is 0 Å². The number of rotatable bonds is 6. The van der Waals surface area contributed by atoms with Gasteiger partial charge in [-0.05, 0) is 52.0 Å². The van der Waals surface area contributed by atoms with Crippen molar-refractivity contribution in [1.82, 2.24) is 10.2 Å². The maximum absolute atomic E-state index is 11.8. The number of hydrogen-bond acceptors (Lipinski definition) is 3. The number of para-hydroxylation sites is 1. The second-order valence-electron chi connectivity index (χ2n) is 4.74. The number of carbonyl (C=O) groups excluding carboxylic acids is 1. The minimum absolute atomic E-state index is 0.0725. The summed E-state index contributed by atoms with van der Waals surface area (Å²) in [7, 11) is 4.06. The van der Waals surface area contributed by atoms with E-state index < -0.39 is 0 Å². The maximum Gasteiger partial charge on any atom is 0.255 e. The van der Waals surface area contributed by atoms with Gasteiger partial charge in [-0.3, -0.25) is 4.79 Å². The fraction of sp³-hybridized carbons (Fsp3) is 0.500. The Morgan fingerprint density at radius 2 is 2.06 bits per heavy atom. The van der Waals surface area contributed by atoms with Crippen LogP contribution in [0.3, 0.4) is 0 Å². The van der Waals surface area contributed by atoms with Crippen molar-refractivity contribution in [3.63, 3.8) is 0 Å². The molecule has 1 amide bonds. The second-order valence-corrected chi connectivity index (χ2v) is 4.74. The fourth-order valence-corrected chi connectivity index (χ4v) is 1.69. The number of phenols is 1. The Morgan fingerprint density at radius 3 is 2.72 bits per heavy atom. The molecule has 100 valence electrons. The van der Waals surface area contributed by atoms with Gasteiger partial charge >= 0.3 is 0 Å². The van der Waals surface area contributed by atoms with Crippen LogP contribution in [0.15, 0.2) is 18.2 Å². The summed E-state index contributed by atoms with van der Waals surface area (Å²) in [6.45, 7) is 3.44. The zero-order chi connectivity index (χ0) is 13.5. The quantitative estimate of drug-likeness (QED) is 0.757. The van der Waals surface area contributed by atoms with Crippen LogP contribution in [0.25, 0.3) is 0 Å². The third-order valence-electron chi connectivity index (χ3n) is 2.80. The van der Waals surface area contributed by atoms with Gasteiger partial charge in [0.15, 0.2) is 0 Å². The lowest BCUT2D eigenvalue weighted by molar-refractivity contribution is 0.0950. The van der Waals surface area contributed by atoms with Crippen molar-refractivity contribution in [2.24, 2.45) is 0 Å². The first-order valence-electron chi connectivity index (χ1n) is 6.24. The van der Waals surface area contributed by atoms with E-state index in [0.29, 0.717) is 12.1 Å². The zero-order valence-corrected chi connectivity index (χ0v) is 11.4. The predicted molar refractivity (Wildman–Crippen MR) is 73.0 cm³/mol. The normalized spacial score (nSPS) is 10.7. The number of benzene rings is 1. The van der Waals surface area contributed by atoms with E-state index in [9.17, 15) is 9.90 Å². The summed E-state index contributed by atoms with van der Waals surface area (Å²) in [5.74, 6) is -0.135. The molecule has 0 saturated heterocycles. The van der Waals surface area contributed by atoms with Crippen molar-refractivity contribution in [3.05, 3.63) is 29.3 Å². The fourth-order valence-electron chi connectivity index (χ4n) is 1.69. The minimum Gasteiger partial charge on any atom is -0.507 e. The molecular formula is C14H22N2O2. The van der Waals surface area contributed by atoms with Gasteiger partial charge in [-0.25, -0.2) is 0 Å². The summed E-state index contributed by atoms with van der Waals surface area (Å²) in [4.78, 5) is 14.0. The van der Waals surface area contributed by atoms with Gasteiger partial charge in [0.05, 0.1) is 5.56 Å². The largest absolute Gasteiger partial charge is 0.507 e. The average Bonchev–Trinajstić information content (AvgIpc) is 2.31. The molecule has 18 heavy (non-hydrogen) atoms. The molecule has 1 aromatic carbocycles. The Bertz CT molecular complexity index is 403. The molecule has 0 aromatic heterocycles. The molecule has 0 radical (unpaired) electrons. The van der Waals surface area contributed by atoms with Crippen LogP contribution in [-0.2, 0) is 0 Å². The topological polar surface area (TPSA) is 52.6 Å². The Morgan fingerprint density at radius 1 is 1.33 bits per heavy atom. The minimum atomic E-state index is -0.207. The molecule has 4 heteroatoms. The average molecular weight is 250 g/mol. The first kappa shape index (κ1) is 14.5. The van der Waals surface area contributed by atoms with Crippen LogP contribution in [0.1, 0.15) is 28.8 Å².